The fourth-order valence-corrected chi connectivity index (χ4v) is 2.46. The minimum atomic E-state index is 0.456. The van der Waals surface area contributed by atoms with Crippen molar-refractivity contribution >= 4 is 0 Å². The van der Waals surface area contributed by atoms with Gasteiger partial charge in [-0.1, -0.05) is 43.3 Å². The molecule has 0 N–H and O–H groups in total. The van der Waals surface area contributed by atoms with Crippen LogP contribution >= 0.6 is 0 Å². The third-order valence-corrected chi connectivity index (χ3v) is 3.60. The lowest BCUT2D eigenvalue weighted by atomic mass is 10.1. The van der Waals surface area contributed by atoms with Gasteiger partial charge in [-0.2, -0.15) is 4.98 Å². The Bertz CT molecular complexity index is 828. The molecule has 2 aromatic carbocycles. The largest absolute Gasteiger partial charge is 0.490 e. The summed E-state index contributed by atoms with van der Waals surface area (Å²) in [6.07, 6.45) is 0. The Morgan fingerprint density at radius 3 is 2.31 bits per heavy atom. The number of ether oxygens (including phenoxy) is 2. The Labute approximate surface area is 155 Å². The van der Waals surface area contributed by atoms with Gasteiger partial charge < -0.3 is 14.0 Å². The summed E-state index contributed by atoms with van der Waals surface area (Å²) in [6, 6.07) is 13.6. The molecule has 0 aliphatic heterocycles. The summed E-state index contributed by atoms with van der Waals surface area (Å²) in [5.74, 6) is 2.42. The van der Waals surface area contributed by atoms with Crippen LogP contribution in [0.1, 0.15) is 33.3 Å². The summed E-state index contributed by atoms with van der Waals surface area (Å²) in [5.41, 5.74) is 2.87. The molecule has 0 bridgehead atoms. The molecule has 138 valence electrons. The second-order valence-corrected chi connectivity index (χ2v) is 5.27. The Morgan fingerprint density at radius 1 is 0.923 bits per heavy atom. The van der Waals surface area contributed by atoms with Crippen molar-refractivity contribution in [3.8, 4) is 34.3 Å². The molecule has 26 heavy (non-hydrogen) atoms. The number of hydrogen-bond acceptors (Lipinski definition) is 5. The molecular formula is C21H26N2O3. The first kappa shape index (κ1) is 19.5. The van der Waals surface area contributed by atoms with Gasteiger partial charge >= 0.3 is 0 Å². The number of aromatic nitrogens is 2. The molecule has 3 rings (SSSR count). The molecule has 0 fully saturated rings. The van der Waals surface area contributed by atoms with Crippen molar-refractivity contribution in [2.24, 2.45) is 0 Å². The van der Waals surface area contributed by atoms with Crippen LogP contribution in [0.4, 0.5) is 0 Å². The van der Waals surface area contributed by atoms with Crippen LogP contribution < -0.4 is 9.47 Å². The van der Waals surface area contributed by atoms with Crippen LogP contribution in [0.15, 0.2) is 47.0 Å². The number of hydrogen-bond donors (Lipinski definition) is 0. The molecule has 0 saturated heterocycles. The Kier molecular flexibility index (Phi) is 7.21. The summed E-state index contributed by atoms with van der Waals surface area (Å²) in [7, 11) is 0. The van der Waals surface area contributed by atoms with Crippen molar-refractivity contribution in [3.05, 3.63) is 48.0 Å². The maximum atomic E-state index is 5.65. The van der Waals surface area contributed by atoms with Gasteiger partial charge in [0.2, 0.25) is 5.82 Å². The molecular weight excluding hydrogens is 328 g/mol. The molecule has 0 radical (unpaired) electrons. The van der Waals surface area contributed by atoms with E-state index in [4.69, 9.17) is 14.0 Å². The van der Waals surface area contributed by atoms with Crippen LogP contribution in [0.2, 0.25) is 0 Å². The van der Waals surface area contributed by atoms with E-state index in [0.29, 0.717) is 36.4 Å². The smallest absolute Gasteiger partial charge is 0.258 e. The molecule has 5 heteroatoms. The fourth-order valence-electron chi connectivity index (χ4n) is 2.46. The van der Waals surface area contributed by atoms with Crippen molar-refractivity contribution in [1.82, 2.24) is 10.1 Å². The number of aryl methyl sites for hydroxylation is 1. The second-order valence-electron chi connectivity index (χ2n) is 5.27. The average Bonchev–Trinajstić information content (AvgIpc) is 3.15. The first-order valence-corrected chi connectivity index (χ1v) is 9.02. The van der Waals surface area contributed by atoms with Gasteiger partial charge in [0.25, 0.3) is 5.89 Å². The maximum Gasteiger partial charge on any atom is 0.258 e. The maximum absolute atomic E-state index is 5.65. The van der Waals surface area contributed by atoms with E-state index in [-0.39, 0.29) is 0 Å². The van der Waals surface area contributed by atoms with Gasteiger partial charge in [-0.3, -0.25) is 0 Å². The van der Waals surface area contributed by atoms with Crippen molar-refractivity contribution in [1.29, 1.82) is 0 Å². The standard InChI is InChI=1S/C19H20N2O3.C2H6/c1-4-22-16-11-10-14(12-17(16)23-5-2)19-20-18(21-24-19)15-9-7-6-8-13(15)3;1-2/h6-12H,4-5H2,1-3H3;1-2H3. The fraction of sp³-hybridized carbons (Fsp3) is 0.333. The van der Waals surface area contributed by atoms with Crippen LogP contribution in [-0.4, -0.2) is 23.4 Å². The van der Waals surface area contributed by atoms with Gasteiger partial charge in [0, 0.05) is 11.1 Å². The average molecular weight is 354 g/mol. The SMILES string of the molecule is CC.CCOc1ccc(-c2nc(-c3ccccc3C)no2)cc1OCC. The van der Waals surface area contributed by atoms with Crippen LogP contribution in [-0.2, 0) is 0 Å². The lowest BCUT2D eigenvalue weighted by molar-refractivity contribution is 0.288. The minimum Gasteiger partial charge on any atom is -0.490 e. The quantitative estimate of drug-likeness (QED) is 0.582. The summed E-state index contributed by atoms with van der Waals surface area (Å²) in [5, 5.41) is 4.10. The second kappa shape index (κ2) is 9.61. The first-order chi connectivity index (χ1) is 12.7. The number of benzene rings is 2. The first-order valence-electron chi connectivity index (χ1n) is 9.02. The monoisotopic (exact) mass is 354 g/mol. The van der Waals surface area contributed by atoms with E-state index in [1.807, 2.05) is 77.1 Å². The highest BCUT2D eigenvalue weighted by Gasteiger charge is 2.14. The van der Waals surface area contributed by atoms with Crippen molar-refractivity contribution in [2.45, 2.75) is 34.6 Å². The molecule has 1 aromatic heterocycles. The van der Waals surface area contributed by atoms with E-state index in [0.717, 1.165) is 16.7 Å². The highest BCUT2D eigenvalue weighted by molar-refractivity contribution is 5.64. The molecule has 5 nitrogen and oxygen atoms in total. The molecule has 0 aliphatic rings. The molecule has 0 spiro atoms. The zero-order valence-corrected chi connectivity index (χ0v) is 16.1. The molecule has 1 heterocycles. The highest BCUT2D eigenvalue weighted by Crippen LogP contribution is 2.33. The lowest BCUT2D eigenvalue weighted by Gasteiger charge is -2.11. The minimum absolute atomic E-state index is 0.456. The third kappa shape index (κ3) is 4.42. The van der Waals surface area contributed by atoms with Crippen LogP contribution in [0.25, 0.3) is 22.8 Å². The van der Waals surface area contributed by atoms with Crippen molar-refractivity contribution < 1.29 is 14.0 Å². The predicted molar refractivity (Wildman–Crippen MR) is 104 cm³/mol. The predicted octanol–water partition coefficient (Wildman–Crippen LogP) is 5.54. The number of nitrogens with zero attached hydrogens (tertiary/aromatic N) is 2. The van der Waals surface area contributed by atoms with E-state index < -0.39 is 0 Å². The van der Waals surface area contributed by atoms with E-state index in [9.17, 15) is 0 Å². The summed E-state index contributed by atoms with van der Waals surface area (Å²) in [4.78, 5) is 4.51. The van der Waals surface area contributed by atoms with Crippen molar-refractivity contribution in [2.75, 3.05) is 13.2 Å². The zero-order valence-electron chi connectivity index (χ0n) is 16.1. The molecule has 0 unspecified atom stereocenters. The Balaban J connectivity index is 0.00000117. The van der Waals surface area contributed by atoms with Crippen molar-refractivity contribution in [3.63, 3.8) is 0 Å². The zero-order chi connectivity index (χ0) is 18.9. The molecule has 0 atom stereocenters. The molecule has 0 amide bonds. The normalized spacial score (nSPS) is 10.0. The van der Waals surface area contributed by atoms with Gasteiger partial charge in [0.15, 0.2) is 11.5 Å². The van der Waals surface area contributed by atoms with Gasteiger partial charge in [0.1, 0.15) is 0 Å². The van der Waals surface area contributed by atoms with Crippen LogP contribution in [0, 0.1) is 6.92 Å². The molecule has 0 saturated carbocycles. The van der Waals surface area contributed by atoms with Gasteiger partial charge in [-0.25, -0.2) is 0 Å². The highest BCUT2D eigenvalue weighted by atomic mass is 16.5. The Morgan fingerprint density at radius 2 is 1.62 bits per heavy atom. The summed E-state index contributed by atoms with van der Waals surface area (Å²) >= 11 is 0. The van der Waals surface area contributed by atoms with E-state index >= 15 is 0 Å². The van der Waals surface area contributed by atoms with E-state index in [1.54, 1.807) is 0 Å². The van der Waals surface area contributed by atoms with E-state index in [2.05, 4.69) is 10.1 Å². The molecule has 3 aromatic rings. The lowest BCUT2D eigenvalue weighted by Crippen LogP contribution is -1.98. The van der Waals surface area contributed by atoms with Crippen LogP contribution in [0.3, 0.4) is 0 Å². The van der Waals surface area contributed by atoms with Gasteiger partial charge in [-0.05, 0) is 44.5 Å². The Hall–Kier alpha value is -2.82. The summed E-state index contributed by atoms with van der Waals surface area (Å²) < 4.78 is 16.7. The molecule has 0 aliphatic carbocycles. The number of rotatable bonds is 6. The summed E-state index contributed by atoms with van der Waals surface area (Å²) in [6.45, 7) is 11.0. The van der Waals surface area contributed by atoms with Gasteiger partial charge in [-0.15, -0.1) is 0 Å². The topological polar surface area (TPSA) is 57.4 Å². The van der Waals surface area contributed by atoms with Crippen LogP contribution in [0.5, 0.6) is 11.5 Å². The third-order valence-electron chi connectivity index (χ3n) is 3.60. The van der Waals surface area contributed by atoms with E-state index in [1.165, 1.54) is 0 Å². The van der Waals surface area contributed by atoms with Gasteiger partial charge in [0.05, 0.1) is 13.2 Å².